The van der Waals surface area contributed by atoms with Crippen LogP contribution in [0.4, 0.5) is 5.69 Å². The zero-order valence-corrected chi connectivity index (χ0v) is 16.6. The third-order valence-electron chi connectivity index (χ3n) is 4.65. The van der Waals surface area contributed by atoms with E-state index in [0.717, 1.165) is 36.8 Å². The van der Waals surface area contributed by atoms with Gasteiger partial charge in [0.25, 0.3) is 0 Å². The fourth-order valence-electron chi connectivity index (χ4n) is 3.39. The highest BCUT2D eigenvalue weighted by atomic mass is 35.5. The quantitative estimate of drug-likeness (QED) is 0.822. The van der Waals surface area contributed by atoms with Crippen molar-refractivity contribution in [1.82, 2.24) is 5.32 Å². The van der Waals surface area contributed by atoms with Gasteiger partial charge in [-0.05, 0) is 77.5 Å². The maximum absolute atomic E-state index is 12.6. The van der Waals surface area contributed by atoms with Crippen LogP contribution in [0.2, 0.25) is 5.02 Å². The van der Waals surface area contributed by atoms with Crippen LogP contribution >= 0.6 is 11.6 Å². The molecule has 25 heavy (non-hydrogen) atoms. The maximum Gasteiger partial charge on any atom is 0.227 e. The van der Waals surface area contributed by atoms with Gasteiger partial charge in [-0.2, -0.15) is 0 Å². The fourth-order valence-corrected chi connectivity index (χ4v) is 3.76. The molecule has 0 radical (unpaired) electrons. The van der Waals surface area contributed by atoms with Gasteiger partial charge in [0.2, 0.25) is 11.8 Å². The van der Waals surface area contributed by atoms with Crippen LogP contribution in [-0.2, 0) is 9.59 Å². The summed E-state index contributed by atoms with van der Waals surface area (Å²) in [4.78, 5) is 24.9. The zero-order valence-electron chi connectivity index (χ0n) is 15.8. The molecule has 1 aliphatic rings. The van der Waals surface area contributed by atoms with E-state index in [9.17, 15) is 9.59 Å². The summed E-state index contributed by atoms with van der Waals surface area (Å²) in [5.41, 5.74) is 2.53. The number of halogens is 1. The standard InChI is InChI=1S/C20H29ClN2O2/c1-12-10-13(2)17(16(21)11-12)22-18(24)14-6-8-15(9-7-14)19(25)23-20(3,4)5/h10-11,14-15H,6-9H2,1-5H3,(H,22,24)(H,23,25). The van der Waals surface area contributed by atoms with Crippen molar-refractivity contribution in [2.45, 2.75) is 65.8 Å². The minimum absolute atomic E-state index is 0.00327. The average Bonchev–Trinajstić information content (AvgIpc) is 2.49. The van der Waals surface area contributed by atoms with Crippen LogP contribution in [0, 0.1) is 25.7 Å². The Kier molecular flexibility index (Phi) is 6.15. The van der Waals surface area contributed by atoms with E-state index in [-0.39, 0.29) is 29.2 Å². The molecule has 1 aromatic carbocycles. The highest BCUT2D eigenvalue weighted by Crippen LogP contribution is 2.32. The van der Waals surface area contributed by atoms with Gasteiger partial charge >= 0.3 is 0 Å². The van der Waals surface area contributed by atoms with Crippen LogP contribution in [0.5, 0.6) is 0 Å². The second-order valence-electron chi connectivity index (χ2n) is 8.22. The molecule has 0 saturated heterocycles. The van der Waals surface area contributed by atoms with Gasteiger partial charge in [-0.3, -0.25) is 9.59 Å². The van der Waals surface area contributed by atoms with E-state index in [1.165, 1.54) is 0 Å². The molecule has 2 N–H and O–H groups in total. The van der Waals surface area contributed by atoms with Crippen LogP contribution < -0.4 is 10.6 Å². The highest BCUT2D eigenvalue weighted by molar-refractivity contribution is 6.34. The van der Waals surface area contributed by atoms with E-state index in [1.54, 1.807) is 0 Å². The molecule has 0 atom stereocenters. The largest absolute Gasteiger partial charge is 0.351 e. The zero-order chi connectivity index (χ0) is 18.8. The summed E-state index contributed by atoms with van der Waals surface area (Å²) in [6.45, 7) is 9.88. The van der Waals surface area contributed by atoms with Crippen LogP contribution in [0.25, 0.3) is 0 Å². The van der Waals surface area contributed by atoms with Gasteiger partial charge in [-0.1, -0.05) is 17.7 Å². The first-order chi connectivity index (χ1) is 11.6. The second-order valence-corrected chi connectivity index (χ2v) is 8.62. The molecule has 4 nitrogen and oxygen atoms in total. The molecule has 1 saturated carbocycles. The molecule has 5 heteroatoms. The molecule has 1 fully saturated rings. The Morgan fingerprint density at radius 3 is 2.00 bits per heavy atom. The molecule has 1 aliphatic carbocycles. The Morgan fingerprint density at radius 1 is 1.00 bits per heavy atom. The molecule has 2 rings (SSSR count). The molecule has 1 aromatic rings. The number of amides is 2. The summed E-state index contributed by atoms with van der Waals surface area (Å²) in [5.74, 6) is 0.0516. The van der Waals surface area contributed by atoms with Crippen molar-refractivity contribution in [3.05, 3.63) is 28.3 Å². The van der Waals surface area contributed by atoms with Gasteiger partial charge in [0, 0.05) is 17.4 Å². The molecular weight excluding hydrogens is 336 g/mol. The minimum atomic E-state index is -0.217. The predicted octanol–water partition coefficient (Wildman–Crippen LogP) is 4.62. The number of hydrogen-bond donors (Lipinski definition) is 2. The lowest BCUT2D eigenvalue weighted by Gasteiger charge is -2.30. The van der Waals surface area contributed by atoms with Crippen molar-refractivity contribution in [2.24, 2.45) is 11.8 Å². The van der Waals surface area contributed by atoms with Crippen molar-refractivity contribution in [3.8, 4) is 0 Å². The molecule has 138 valence electrons. The van der Waals surface area contributed by atoms with E-state index >= 15 is 0 Å². The lowest BCUT2D eigenvalue weighted by Crippen LogP contribution is -2.45. The highest BCUT2D eigenvalue weighted by Gasteiger charge is 2.31. The van der Waals surface area contributed by atoms with E-state index in [0.29, 0.717) is 10.7 Å². The first-order valence-electron chi connectivity index (χ1n) is 8.96. The molecule has 0 aromatic heterocycles. The second kappa shape index (κ2) is 7.77. The first kappa shape index (κ1) is 19.8. The summed E-state index contributed by atoms with van der Waals surface area (Å²) < 4.78 is 0. The summed E-state index contributed by atoms with van der Waals surface area (Å²) in [6, 6.07) is 3.87. The molecule has 2 amide bonds. The predicted molar refractivity (Wildman–Crippen MR) is 103 cm³/mol. The number of benzene rings is 1. The number of aryl methyl sites for hydroxylation is 2. The van der Waals surface area contributed by atoms with Gasteiger partial charge < -0.3 is 10.6 Å². The summed E-state index contributed by atoms with van der Waals surface area (Å²) >= 11 is 6.28. The topological polar surface area (TPSA) is 58.2 Å². The van der Waals surface area contributed by atoms with Gasteiger partial charge in [-0.25, -0.2) is 0 Å². The van der Waals surface area contributed by atoms with Crippen LogP contribution in [-0.4, -0.2) is 17.4 Å². The van der Waals surface area contributed by atoms with Gasteiger partial charge in [-0.15, -0.1) is 0 Å². The van der Waals surface area contributed by atoms with Gasteiger partial charge in [0.15, 0.2) is 0 Å². The summed E-state index contributed by atoms with van der Waals surface area (Å²) in [7, 11) is 0. The lowest BCUT2D eigenvalue weighted by atomic mass is 9.80. The smallest absolute Gasteiger partial charge is 0.227 e. The van der Waals surface area contributed by atoms with Crippen LogP contribution in [0.3, 0.4) is 0 Å². The van der Waals surface area contributed by atoms with Crippen molar-refractivity contribution < 1.29 is 9.59 Å². The van der Waals surface area contributed by atoms with Crippen molar-refractivity contribution in [1.29, 1.82) is 0 Å². The molecule has 0 aliphatic heterocycles. The number of carbonyl (C=O) groups is 2. The SMILES string of the molecule is Cc1cc(C)c(NC(=O)C2CCC(C(=O)NC(C)(C)C)CC2)c(Cl)c1. The van der Waals surface area contributed by atoms with Crippen LogP contribution in [0.15, 0.2) is 12.1 Å². The van der Waals surface area contributed by atoms with E-state index in [4.69, 9.17) is 11.6 Å². The van der Waals surface area contributed by atoms with Gasteiger partial charge in [0.05, 0.1) is 10.7 Å². The average molecular weight is 365 g/mol. The monoisotopic (exact) mass is 364 g/mol. The summed E-state index contributed by atoms with van der Waals surface area (Å²) in [6.07, 6.45) is 2.97. The van der Waals surface area contributed by atoms with E-state index < -0.39 is 0 Å². The number of carbonyl (C=O) groups excluding carboxylic acids is 2. The summed E-state index contributed by atoms with van der Waals surface area (Å²) in [5, 5.41) is 6.60. The third kappa shape index (κ3) is 5.46. The number of rotatable bonds is 3. The van der Waals surface area contributed by atoms with Crippen molar-refractivity contribution in [2.75, 3.05) is 5.32 Å². The molecule has 0 heterocycles. The fraction of sp³-hybridized carbons (Fsp3) is 0.600. The lowest BCUT2D eigenvalue weighted by molar-refractivity contribution is -0.129. The normalized spacial score (nSPS) is 20.9. The Balaban J connectivity index is 1.93. The maximum atomic E-state index is 12.6. The van der Waals surface area contributed by atoms with Crippen molar-refractivity contribution in [3.63, 3.8) is 0 Å². The number of hydrogen-bond acceptors (Lipinski definition) is 2. The number of nitrogens with one attached hydrogen (secondary N) is 2. The Labute approximate surface area is 155 Å². The molecular formula is C20H29ClN2O2. The van der Waals surface area contributed by atoms with E-state index in [1.807, 2.05) is 46.8 Å². The van der Waals surface area contributed by atoms with Gasteiger partial charge in [0.1, 0.15) is 0 Å². The van der Waals surface area contributed by atoms with E-state index in [2.05, 4.69) is 10.6 Å². The Hall–Kier alpha value is -1.55. The third-order valence-corrected chi connectivity index (χ3v) is 4.94. The minimum Gasteiger partial charge on any atom is -0.351 e. The molecule has 0 spiro atoms. The Bertz CT molecular complexity index is 633. The van der Waals surface area contributed by atoms with Crippen molar-refractivity contribution >= 4 is 29.1 Å². The Morgan fingerprint density at radius 2 is 1.52 bits per heavy atom. The number of anilines is 1. The first-order valence-corrected chi connectivity index (χ1v) is 9.34. The molecule has 0 bridgehead atoms. The van der Waals surface area contributed by atoms with Crippen LogP contribution in [0.1, 0.15) is 57.6 Å². The molecule has 0 unspecified atom stereocenters.